The predicted octanol–water partition coefficient (Wildman–Crippen LogP) is 0.886. The molecule has 0 aromatic carbocycles. The van der Waals surface area contributed by atoms with Crippen molar-refractivity contribution in [1.82, 2.24) is 0 Å². The van der Waals surface area contributed by atoms with Gasteiger partial charge in [0, 0.05) is 0 Å². The van der Waals surface area contributed by atoms with Crippen LogP contribution >= 0.6 is 0 Å². The van der Waals surface area contributed by atoms with Crippen LogP contribution in [-0.4, -0.2) is 20.5 Å². The lowest BCUT2D eigenvalue weighted by Crippen LogP contribution is -2.01. The van der Waals surface area contributed by atoms with Crippen molar-refractivity contribution < 1.29 is 17.6 Å². The third kappa shape index (κ3) is 1.55. The third-order valence-electron chi connectivity index (χ3n) is 1.40. The van der Waals surface area contributed by atoms with Crippen LogP contribution < -0.4 is 0 Å². The zero-order valence-corrected chi connectivity index (χ0v) is 7.30. The molecule has 4 nitrogen and oxygen atoms in total. The van der Waals surface area contributed by atoms with Crippen molar-refractivity contribution in [1.29, 1.82) is 0 Å². The van der Waals surface area contributed by atoms with Crippen LogP contribution in [0.15, 0.2) is 21.6 Å². The number of carbonyl (C=O) groups excluding carboxylic acids is 1. The van der Waals surface area contributed by atoms with Gasteiger partial charge in [0.25, 0.3) is 0 Å². The second kappa shape index (κ2) is 3.10. The Kier molecular flexibility index (Phi) is 2.32. The second-order valence-corrected chi connectivity index (χ2v) is 4.39. The molecule has 1 rings (SSSR count). The van der Waals surface area contributed by atoms with E-state index >= 15 is 0 Å². The maximum Gasteiger partial charge on any atom is 0.218 e. The van der Waals surface area contributed by atoms with Crippen LogP contribution in [0.4, 0.5) is 0 Å². The monoisotopic (exact) mass is 188 g/mol. The molecule has 0 bridgehead atoms. The summed E-state index contributed by atoms with van der Waals surface area (Å²) in [5, 5.41) is -0.146. The highest BCUT2D eigenvalue weighted by Gasteiger charge is 2.15. The van der Waals surface area contributed by atoms with Crippen molar-refractivity contribution in [2.75, 3.05) is 5.75 Å². The minimum absolute atomic E-state index is 0.0290. The van der Waals surface area contributed by atoms with Crippen molar-refractivity contribution in [3.63, 3.8) is 0 Å². The summed E-state index contributed by atoms with van der Waals surface area (Å²) in [7, 11) is -3.31. The minimum atomic E-state index is -3.31. The average molecular weight is 188 g/mol. The topological polar surface area (TPSA) is 64.3 Å². The maximum absolute atomic E-state index is 11.1. The van der Waals surface area contributed by atoms with Crippen molar-refractivity contribution in [2.24, 2.45) is 0 Å². The summed E-state index contributed by atoms with van der Waals surface area (Å²) in [4.78, 5) is 10.1. The molecular formula is C7H8O4S. The number of aldehydes is 1. The van der Waals surface area contributed by atoms with Crippen molar-refractivity contribution >= 4 is 16.1 Å². The molecule has 1 heterocycles. The van der Waals surface area contributed by atoms with Crippen LogP contribution in [0.25, 0.3) is 0 Å². The predicted molar refractivity (Wildman–Crippen MR) is 41.8 cm³/mol. The molecule has 0 atom stereocenters. The average Bonchev–Trinajstić information content (AvgIpc) is 2.52. The molecule has 0 saturated carbocycles. The van der Waals surface area contributed by atoms with Crippen LogP contribution in [-0.2, 0) is 9.84 Å². The summed E-state index contributed by atoms with van der Waals surface area (Å²) in [6, 6.07) is 2.61. The molecule has 0 unspecified atom stereocenters. The quantitative estimate of drug-likeness (QED) is 0.660. The van der Waals surface area contributed by atoms with Gasteiger partial charge in [0.15, 0.2) is 12.0 Å². The van der Waals surface area contributed by atoms with Crippen molar-refractivity contribution in [2.45, 2.75) is 12.0 Å². The van der Waals surface area contributed by atoms with Gasteiger partial charge < -0.3 is 4.42 Å². The zero-order valence-electron chi connectivity index (χ0n) is 6.48. The minimum Gasteiger partial charge on any atom is -0.442 e. The summed E-state index contributed by atoms with van der Waals surface area (Å²) in [6.07, 6.45) is 0.467. The smallest absolute Gasteiger partial charge is 0.218 e. The Bertz CT molecular complexity index is 374. The van der Waals surface area contributed by atoms with E-state index in [0.717, 1.165) is 0 Å². The van der Waals surface area contributed by atoms with Gasteiger partial charge in [-0.25, -0.2) is 8.42 Å². The number of sulfone groups is 1. The van der Waals surface area contributed by atoms with E-state index in [4.69, 9.17) is 4.42 Å². The summed E-state index contributed by atoms with van der Waals surface area (Å²) in [6.45, 7) is 1.51. The fourth-order valence-electron chi connectivity index (χ4n) is 0.707. The molecule has 0 spiro atoms. The van der Waals surface area contributed by atoms with Gasteiger partial charge in [-0.1, -0.05) is 6.92 Å². The number of rotatable bonds is 3. The molecule has 1 aromatic heterocycles. The normalized spacial score (nSPS) is 11.4. The summed E-state index contributed by atoms with van der Waals surface area (Å²) in [5.74, 6) is 0.000695. The van der Waals surface area contributed by atoms with E-state index in [1.165, 1.54) is 19.1 Å². The first-order chi connectivity index (χ1) is 5.60. The van der Waals surface area contributed by atoms with Gasteiger partial charge in [-0.05, 0) is 12.1 Å². The first-order valence-electron chi connectivity index (χ1n) is 3.38. The molecule has 0 aliphatic rings. The van der Waals surface area contributed by atoms with Gasteiger partial charge in [0.05, 0.1) is 5.75 Å². The summed E-state index contributed by atoms with van der Waals surface area (Å²) >= 11 is 0. The van der Waals surface area contributed by atoms with E-state index in [1.807, 2.05) is 0 Å². The Balaban J connectivity index is 3.13. The first kappa shape index (κ1) is 8.99. The number of hydrogen-bond acceptors (Lipinski definition) is 4. The highest BCUT2D eigenvalue weighted by molar-refractivity contribution is 7.91. The van der Waals surface area contributed by atoms with E-state index in [1.54, 1.807) is 0 Å². The van der Waals surface area contributed by atoms with E-state index in [2.05, 4.69) is 0 Å². The van der Waals surface area contributed by atoms with Crippen LogP contribution in [0.2, 0.25) is 0 Å². The highest BCUT2D eigenvalue weighted by atomic mass is 32.2. The molecule has 0 N–H and O–H groups in total. The van der Waals surface area contributed by atoms with Gasteiger partial charge in [0.2, 0.25) is 14.9 Å². The SMILES string of the molecule is CCS(=O)(=O)c1ccc(C=O)o1. The molecule has 5 heteroatoms. The largest absolute Gasteiger partial charge is 0.442 e. The Labute approximate surface area is 70.1 Å². The molecule has 0 aliphatic carbocycles. The standard InChI is InChI=1S/C7H8O4S/c1-2-12(9,10)7-4-3-6(5-8)11-7/h3-5H,2H2,1H3. The van der Waals surface area contributed by atoms with Crippen LogP contribution in [0.5, 0.6) is 0 Å². The zero-order chi connectivity index (χ0) is 9.19. The highest BCUT2D eigenvalue weighted by Crippen LogP contribution is 2.13. The van der Waals surface area contributed by atoms with Crippen molar-refractivity contribution in [3.8, 4) is 0 Å². The fraction of sp³-hybridized carbons (Fsp3) is 0.286. The van der Waals surface area contributed by atoms with Crippen LogP contribution in [0.1, 0.15) is 17.5 Å². The number of carbonyl (C=O) groups is 1. The second-order valence-electron chi connectivity index (χ2n) is 2.18. The van der Waals surface area contributed by atoms with Gasteiger partial charge >= 0.3 is 0 Å². The fourth-order valence-corrected chi connectivity index (χ4v) is 1.49. The molecule has 12 heavy (non-hydrogen) atoms. The van der Waals surface area contributed by atoms with Gasteiger partial charge in [-0.2, -0.15) is 0 Å². The molecule has 0 saturated heterocycles. The van der Waals surface area contributed by atoms with Gasteiger partial charge in [-0.15, -0.1) is 0 Å². The lowest BCUT2D eigenvalue weighted by molar-refractivity contribution is 0.109. The Morgan fingerprint density at radius 1 is 1.50 bits per heavy atom. The van der Waals surface area contributed by atoms with E-state index in [-0.39, 0.29) is 16.6 Å². The van der Waals surface area contributed by atoms with E-state index in [9.17, 15) is 13.2 Å². The molecular weight excluding hydrogens is 180 g/mol. The summed E-state index contributed by atoms with van der Waals surface area (Å²) in [5.41, 5.74) is 0. The molecule has 0 amide bonds. The van der Waals surface area contributed by atoms with Gasteiger partial charge in [-0.3, -0.25) is 4.79 Å². The lowest BCUT2D eigenvalue weighted by atomic mass is 10.5. The Morgan fingerprint density at radius 3 is 2.58 bits per heavy atom. The Hall–Kier alpha value is -1.10. The molecule has 1 aromatic rings. The maximum atomic E-state index is 11.1. The molecule has 66 valence electrons. The first-order valence-corrected chi connectivity index (χ1v) is 5.03. The van der Waals surface area contributed by atoms with E-state index in [0.29, 0.717) is 6.29 Å². The van der Waals surface area contributed by atoms with Crippen LogP contribution in [0.3, 0.4) is 0 Å². The van der Waals surface area contributed by atoms with Crippen molar-refractivity contribution in [3.05, 3.63) is 17.9 Å². The molecule has 0 aliphatic heterocycles. The van der Waals surface area contributed by atoms with Crippen LogP contribution in [0, 0.1) is 0 Å². The third-order valence-corrected chi connectivity index (χ3v) is 3.00. The van der Waals surface area contributed by atoms with E-state index < -0.39 is 9.84 Å². The van der Waals surface area contributed by atoms with Gasteiger partial charge in [0.1, 0.15) is 0 Å². The Morgan fingerprint density at radius 2 is 2.17 bits per heavy atom. The molecule has 0 fully saturated rings. The summed E-state index contributed by atoms with van der Waals surface area (Å²) < 4.78 is 27.0. The number of hydrogen-bond donors (Lipinski definition) is 0. The lowest BCUT2D eigenvalue weighted by Gasteiger charge is -1.92. The molecule has 0 radical (unpaired) electrons. The number of furan rings is 1.